The predicted octanol–water partition coefficient (Wildman–Crippen LogP) is 4.12. The summed E-state index contributed by atoms with van der Waals surface area (Å²) in [5.74, 6) is 2.51. The first-order valence-corrected chi connectivity index (χ1v) is 7.18. The Hall–Kier alpha value is -1.80. The number of ether oxygens (including phenoxy) is 1. The van der Waals surface area contributed by atoms with Crippen LogP contribution >= 0.6 is 0 Å². The van der Waals surface area contributed by atoms with Gasteiger partial charge in [0.1, 0.15) is 11.5 Å². The molecule has 1 heterocycles. The summed E-state index contributed by atoms with van der Waals surface area (Å²) in [6.45, 7) is 4.48. The summed E-state index contributed by atoms with van der Waals surface area (Å²) in [6, 6.07) is 14.5. The molecule has 0 aromatic heterocycles. The second-order valence-electron chi connectivity index (χ2n) is 5.79. The zero-order valence-electron chi connectivity index (χ0n) is 12.0. The Morgan fingerprint density at radius 1 is 1.05 bits per heavy atom. The van der Waals surface area contributed by atoms with Crippen molar-refractivity contribution in [3.05, 3.63) is 59.2 Å². The van der Waals surface area contributed by atoms with Crippen molar-refractivity contribution in [1.29, 1.82) is 0 Å². The molecule has 0 saturated carbocycles. The predicted molar refractivity (Wildman–Crippen MR) is 80.4 cm³/mol. The highest BCUT2D eigenvalue weighted by molar-refractivity contribution is 5.51. The molecule has 1 N–H and O–H groups in total. The maximum Gasteiger partial charge on any atom is 0.130 e. The molecule has 2 nitrogen and oxygen atoms in total. The Kier molecular flexibility index (Phi) is 3.49. The molecule has 104 valence electrons. The standard InChI is InChI=1S/C18H20O2/c1-12(2)16(11-19)13-7-8-18-15(9-13)10-14-5-3-4-6-17(14)20-18/h3-9,12,16,19H,10-11H2,1-2H3. The molecule has 1 aliphatic rings. The molecule has 20 heavy (non-hydrogen) atoms. The lowest BCUT2D eigenvalue weighted by atomic mass is 9.87. The number of para-hydroxylation sites is 1. The van der Waals surface area contributed by atoms with Gasteiger partial charge in [0.15, 0.2) is 0 Å². The Morgan fingerprint density at radius 3 is 2.55 bits per heavy atom. The largest absolute Gasteiger partial charge is 0.457 e. The van der Waals surface area contributed by atoms with E-state index >= 15 is 0 Å². The van der Waals surface area contributed by atoms with E-state index in [-0.39, 0.29) is 12.5 Å². The normalized spacial score (nSPS) is 14.4. The summed E-state index contributed by atoms with van der Waals surface area (Å²) in [7, 11) is 0. The monoisotopic (exact) mass is 268 g/mol. The number of hydrogen-bond donors (Lipinski definition) is 1. The van der Waals surface area contributed by atoms with Gasteiger partial charge < -0.3 is 9.84 Å². The van der Waals surface area contributed by atoms with E-state index in [0.717, 1.165) is 17.9 Å². The highest BCUT2D eigenvalue weighted by Crippen LogP contribution is 2.38. The Morgan fingerprint density at radius 2 is 1.80 bits per heavy atom. The zero-order valence-corrected chi connectivity index (χ0v) is 12.0. The molecule has 0 bridgehead atoms. The van der Waals surface area contributed by atoms with Gasteiger partial charge in [0.2, 0.25) is 0 Å². The molecule has 1 unspecified atom stereocenters. The van der Waals surface area contributed by atoms with Crippen LogP contribution in [-0.4, -0.2) is 11.7 Å². The van der Waals surface area contributed by atoms with Gasteiger partial charge in [-0.25, -0.2) is 0 Å². The maximum absolute atomic E-state index is 9.58. The minimum Gasteiger partial charge on any atom is -0.457 e. The summed E-state index contributed by atoms with van der Waals surface area (Å²) >= 11 is 0. The van der Waals surface area contributed by atoms with Crippen molar-refractivity contribution in [2.75, 3.05) is 6.61 Å². The van der Waals surface area contributed by atoms with Gasteiger partial charge in [0.05, 0.1) is 6.61 Å². The van der Waals surface area contributed by atoms with E-state index in [1.165, 1.54) is 16.7 Å². The topological polar surface area (TPSA) is 29.5 Å². The van der Waals surface area contributed by atoms with Crippen LogP contribution in [0.3, 0.4) is 0 Å². The molecule has 0 amide bonds. The molecule has 1 aliphatic heterocycles. The van der Waals surface area contributed by atoms with Gasteiger partial charge >= 0.3 is 0 Å². The first kappa shape index (κ1) is 13.2. The van der Waals surface area contributed by atoms with Crippen LogP contribution < -0.4 is 4.74 Å². The molecule has 2 heteroatoms. The lowest BCUT2D eigenvalue weighted by molar-refractivity contribution is 0.237. The number of rotatable bonds is 3. The van der Waals surface area contributed by atoms with Gasteiger partial charge in [0.25, 0.3) is 0 Å². The molecule has 0 aliphatic carbocycles. The van der Waals surface area contributed by atoms with E-state index in [0.29, 0.717) is 5.92 Å². The third kappa shape index (κ3) is 2.32. The molecule has 3 rings (SSSR count). The van der Waals surface area contributed by atoms with Crippen molar-refractivity contribution in [2.24, 2.45) is 5.92 Å². The number of aliphatic hydroxyl groups is 1. The number of benzene rings is 2. The van der Waals surface area contributed by atoms with Crippen molar-refractivity contribution < 1.29 is 9.84 Å². The quantitative estimate of drug-likeness (QED) is 0.774. The van der Waals surface area contributed by atoms with Crippen LogP contribution in [0.15, 0.2) is 42.5 Å². The van der Waals surface area contributed by atoms with Crippen LogP contribution in [0.2, 0.25) is 0 Å². The summed E-state index contributed by atoms with van der Waals surface area (Å²) < 4.78 is 5.94. The maximum atomic E-state index is 9.58. The van der Waals surface area contributed by atoms with Crippen LogP contribution in [0, 0.1) is 5.92 Å². The summed E-state index contributed by atoms with van der Waals surface area (Å²) in [6.07, 6.45) is 0.898. The number of aliphatic hydroxyl groups excluding tert-OH is 1. The van der Waals surface area contributed by atoms with Gasteiger partial charge in [-0.2, -0.15) is 0 Å². The van der Waals surface area contributed by atoms with Crippen LogP contribution in [0.25, 0.3) is 0 Å². The van der Waals surface area contributed by atoms with Gasteiger partial charge in [-0.05, 0) is 34.7 Å². The second-order valence-corrected chi connectivity index (χ2v) is 5.79. The van der Waals surface area contributed by atoms with Crippen LogP contribution in [-0.2, 0) is 6.42 Å². The summed E-state index contributed by atoms with van der Waals surface area (Å²) in [5.41, 5.74) is 3.63. The Balaban J connectivity index is 1.95. The molecule has 0 saturated heterocycles. The lowest BCUT2D eigenvalue weighted by Crippen LogP contribution is -2.12. The molecule has 0 radical (unpaired) electrons. The fourth-order valence-corrected chi connectivity index (χ4v) is 2.84. The highest BCUT2D eigenvalue weighted by atomic mass is 16.5. The SMILES string of the molecule is CC(C)C(CO)c1ccc2c(c1)Cc1ccccc1O2. The third-order valence-corrected chi connectivity index (χ3v) is 4.09. The Bertz CT molecular complexity index is 617. The van der Waals surface area contributed by atoms with E-state index in [1.54, 1.807) is 0 Å². The molecule has 0 spiro atoms. The zero-order chi connectivity index (χ0) is 14.1. The molecule has 2 aromatic carbocycles. The van der Waals surface area contributed by atoms with E-state index in [4.69, 9.17) is 4.74 Å². The van der Waals surface area contributed by atoms with Crippen molar-refractivity contribution in [3.8, 4) is 11.5 Å². The molecular weight excluding hydrogens is 248 g/mol. The van der Waals surface area contributed by atoms with Crippen molar-refractivity contribution in [3.63, 3.8) is 0 Å². The number of fused-ring (bicyclic) bond motifs is 2. The van der Waals surface area contributed by atoms with Crippen LogP contribution in [0.5, 0.6) is 11.5 Å². The average molecular weight is 268 g/mol. The van der Waals surface area contributed by atoms with E-state index in [2.05, 4.69) is 32.0 Å². The fraction of sp³-hybridized carbons (Fsp3) is 0.333. The molecule has 2 aromatic rings. The number of hydrogen-bond acceptors (Lipinski definition) is 2. The lowest BCUT2D eigenvalue weighted by Gasteiger charge is -2.24. The highest BCUT2D eigenvalue weighted by Gasteiger charge is 2.20. The van der Waals surface area contributed by atoms with Crippen LogP contribution in [0.4, 0.5) is 0 Å². The molecular formula is C18H20O2. The van der Waals surface area contributed by atoms with E-state index in [1.807, 2.05) is 24.3 Å². The fourth-order valence-electron chi connectivity index (χ4n) is 2.84. The minimum atomic E-state index is 0.188. The van der Waals surface area contributed by atoms with Gasteiger partial charge in [-0.1, -0.05) is 44.2 Å². The van der Waals surface area contributed by atoms with Crippen molar-refractivity contribution in [1.82, 2.24) is 0 Å². The first-order chi connectivity index (χ1) is 9.69. The smallest absolute Gasteiger partial charge is 0.130 e. The van der Waals surface area contributed by atoms with Gasteiger partial charge in [0, 0.05) is 12.3 Å². The average Bonchev–Trinajstić information content (AvgIpc) is 2.45. The third-order valence-electron chi connectivity index (χ3n) is 4.09. The van der Waals surface area contributed by atoms with Crippen molar-refractivity contribution >= 4 is 0 Å². The van der Waals surface area contributed by atoms with E-state index < -0.39 is 0 Å². The molecule has 0 fully saturated rings. The molecule has 1 atom stereocenters. The summed E-state index contributed by atoms with van der Waals surface area (Å²) in [5, 5.41) is 9.58. The minimum absolute atomic E-state index is 0.188. The van der Waals surface area contributed by atoms with Crippen LogP contribution in [0.1, 0.15) is 36.5 Å². The first-order valence-electron chi connectivity index (χ1n) is 7.18. The van der Waals surface area contributed by atoms with Gasteiger partial charge in [-0.3, -0.25) is 0 Å². The summed E-state index contributed by atoms with van der Waals surface area (Å²) in [4.78, 5) is 0. The van der Waals surface area contributed by atoms with Crippen molar-refractivity contribution in [2.45, 2.75) is 26.2 Å². The Labute approximate surface area is 120 Å². The van der Waals surface area contributed by atoms with Gasteiger partial charge in [-0.15, -0.1) is 0 Å². The second kappa shape index (κ2) is 5.29. The van der Waals surface area contributed by atoms with E-state index in [9.17, 15) is 5.11 Å².